The first-order valence-corrected chi connectivity index (χ1v) is 6.57. The van der Waals surface area contributed by atoms with Crippen LogP contribution >= 0.6 is 0 Å². The number of piperidine rings is 1. The van der Waals surface area contributed by atoms with Gasteiger partial charge in [0.1, 0.15) is 0 Å². The number of hydrogen-bond donors (Lipinski definition) is 1. The first kappa shape index (κ1) is 12.8. The highest BCUT2D eigenvalue weighted by molar-refractivity contribution is 5.83. The van der Waals surface area contributed by atoms with E-state index in [1.165, 1.54) is 0 Å². The third kappa shape index (κ3) is 2.80. The predicted molar refractivity (Wildman–Crippen MR) is 66.8 cm³/mol. The van der Waals surface area contributed by atoms with Crippen molar-refractivity contribution >= 4 is 5.91 Å². The van der Waals surface area contributed by atoms with Crippen molar-refractivity contribution in [2.24, 2.45) is 5.41 Å². The minimum Gasteiger partial charge on any atom is -0.372 e. The summed E-state index contributed by atoms with van der Waals surface area (Å²) in [6, 6.07) is 0. The number of morpholine rings is 1. The molecular weight excluding hydrogens is 216 g/mol. The van der Waals surface area contributed by atoms with Crippen LogP contribution in [-0.2, 0) is 9.53 Å². The van der Waals surface area contributed by atoms with Gasteiger partial charge in [-0.2, -0.15) is 0 Å². The fourth-order valence-electron chi connectivity index (χ4n) is 2.81. The van der Waals surface area contributed by atoms with Crippen molar-refractivity contribution in [2.45, 2.75) is 39.2 Å². The molecule has 0 aromatic rings. The SMILES string of the molecule is CC1(C)CN(C(=O)C2(C)CCCNC2)CCO1. The third-order valence-electron chi connectivity index (χ3n) is 3.83. The summed E-state index contributed by atoms with van der Waals surface area (Å²) in [7, 11) is 0. The molecule has 2 aliphatic heterocycles. The second-order valence-corrected chi connectivity index (χ2v) is 6.18. The summed E-state index contributed by atoms with van der Waals surface area (Å²) in [5.74, 6) is 0.293. The Morgan fingerprint density at radius 2 is 2.12 bits per heavy atom. The van der Waals surface area contributed by atoms with Crippen LogP contribution in [0.5, 0.6) is 0 Å². The Hall–Kier alpha value is -0.610. The zero-order chi connectivity index (χ0) is 12.5. The van der Waals surface area contributed by atoms with E-state index >= 15 is 0 Å². The maximum atomic E-state index is 12.6. The van der Waals surface area contributed by atoms with Crippen molar-refractivity contribution in [3.05, 3.63) is 0 Å². The molecule has 2 heterocycles. The van der Waals surface area contributed by atoms with Gasteiger partial charge in [-0.15, -0.1) is 0 Å². The number of carbonyl (C=O) groups excluding carboxylic acids is 1. The number of ether oxygens (including phenoxy) is 1. The van der Waals surface area contributed by atoms with Gasteiger partial charge in [-0.1, -0.05) is 0 Å². The monoisotopic (exact) mass is 240 g/mol. The molecule has 1 N–H and O–H groups in total. The highest BCUT2D eigenvalue weighted by Crippen LogP contribution is 2.30. The maximum absolute atomic E-state index is 12.6. The zero-order valence-electron chi connectivity index (χ0n) is 11.2. The van der Waals surface area contributed by atoms with E-state index in [0.29, 0.717) is 19.1 Å². The first-order chi connectivity index (χ1) is 7.93. The Bertz CT molecular complexity index is 296. The Morgan fingerprint density at radius 1 is 1.35 bits per heavy atom. The summed E-state index contributed by atoms with van der Waals surface area (Å²) in [6.07, 6.45) is 2.09. The molecule has 0 spiro atoms. The second kappa shape index (κ2) is 4.58. The van der Waals surface area contributed by atoms with Gasteiger partial charge in [-0.05, 0) is 40.2 Å². The van der Waals surface area contributed by atoms with Crippen molar-refractivity contribution in [2.75, 3.05) is 32.8 Å². The summed E-state index contributed by atoms with van der Waals surface area (Å²) in [5.41, 5.74) is -0.419. The van der Waals surface area contributed by atoms with E-state index in [0.717, 1.165) is 32.5 Å². The molecule has 0 aromatic carbocycles. The molecule has 1 atom stereocenters. The lowest BCUT2D eigenvalue weighted by Gasteiger charge is -2.43. The Labute approximate surface area is 104 Å². The molecule has 4 nitrogen and oxygen atoms in total. The van der Waals surface area contributed by atoms with Crippen LogP contribution in [0.3, 0.4) is 0 Å². The van der Waals surface area contributed by atoms with Crippen LogP contribution < -0.4 is 5.32 Å². The van der Waals surface area contributed by atoms with E-state index < -0.39 is 0 Å². The van der Waals surface area contributed by atoms with Crippen molar-refractivity contribution in [1.29, 1.82) is 0 Å². The number of nitrogens with one attached hydrogen (secondary N) is 1. The van der Waals surface area contributed by atoms with Crippen molar-refractivity contribution in [3.63, 3.8) is 0 Å². The third-order valence-corrected chi connectivity index (χ3v) is 3.83. The second-order valence-electron chi connectivity index (χ2n) is 6.18. The van der Waals surface area contributed by atoms with E-state index in [2.05, 4.69) is 12.2 Å². The molecule has 4 heteroatoms. The van der Waals surface area contributed by atoms with Gasteiger partial charge < -0.3 is 15.0 Å². The van der Waals surface area contributed by atoms with Crippen LogP contribution in [0.25, 0.3) is 0 Å². The Kier molecular flexibility index (Phi) is 3.46. The van der Waals surface area contributed by atoms with Crippen molar-refractivity contribution < 1.29 is 9.53 Å². The highest BCUT2D eigenvalue weighted by atomic mass is 16.5. The number of rotatable bonds is 1. The van der Waals surface area contributed by atoms with Gasteiger partial charge in [-0.3, -0.25) is 4.79 Å². The van der Waals surface area contributed by atoms with Crippen molar-refractivity contribution in [3.8, 4) is 0 Å². The Morgan fingerprint density at radius 3 is 2.71 bits per heavy atom. The lowest BCUT2D eigenvalue weighted by atomic mass is 9.81. The summed E-state index contributed by atoms with van der Waals surface area (Å²) in [4.78, 5) is 14.6. The molecule has 1 unspecified atom stereocenters. The molecule has 2 fully saturated rings. The van der Waals surface area contributed by atoms with Gasteiger partial charge in [0, 0.05) is 19.6 Å². The fraction of sp³-hybridized carbons (Fsp3) is 0.923. The number of nitrogens with zero attached hydrogens (tertiary/aromatic N) is 1. The predicted octanol–water partition coefficient (Wildman–Crippen LogP) is 1.01. The van der Waals surface area contributed by atoms with Crippen LogP contribution in [0.15, 0.2) is 0 Å². The molecular formula is C13H24N2O2. The molecule has 17 heavy (non-hydrogen) atoms. The fourth-order valence-corrected chi connectivity index (χ4v) is 2.81. The molecule has 0 aromatic heterocycles. The van der Waals surface area contributed by atoms with Crippen LogP contribution in [0, 0.1) is 5.41 Å². The molecule has 0 radical (unpaired) electrons. The van der Waals surface area contributed by atoms with Crippen LogP contribution in [0.1, 0.15) is 33.6 Å². The normalized spacial score (nSPS) is 33.5. The molecule has 2 rings (SSSR count). The smallest absolute Gasteiger partial charge is 0.229 e. The van der Waals surface area contributed by atoms with E-state index in [-0.39, 0.29) is 11.0 Å². The number of amides is 1. The van der Waals surface area contributed by atoms with Crippen molar-refractivity contribution in [1.82, 2.24) is 10.2 Å². The molecule has 1 amide bonds. The first-order valence-electron chi connectivity index (χ1n) is 6.57. The molecule has 0 aliphatic carbocycles. The largest absolute Gasteiger partial charge is 0.372 e. The van der Waals surface area contributed by atoms with Gasteiger partial charge >= 0.3 is 0 Å². The number of hydrogen-bond acceptors (Lipinski definition) is 3. The molecule has 2 aliphatic rings. The summed E-state index contributed by atoms with van der Waals surface area (Å²) in [5, 5.41) is 3.34. The molecule has 98 valence electrons. The molecule has 2 saturated heterocycles. The Balaban J connectivity index is 2.03. The summed E-state index contributed by atoms with van der Waals surface area (Å²) < 4.78 is 5.66. The van der Waals surface area contributed by atoms with E-state index in [9.17, 15) is 4.79 Å². The van der Waals surface area contributed by atoms with Gasteiger partial charge in [-0.25, -0.2) is 0 Å². The molecule has 0 saturated carbocycles. The quantitative estimate of drug-likeness (QED) is 0.744. The minimum atomic E-state index is -0.217. The average molecular weight is 240 g/mol. The van der Waals surface area contributed by atoms with Gasteiger partial charge in [0.05, 0.1) is 17.6 Å². The summed E-state index contributed by atoms with van der Waals surface area (Å²) >= 11 is 0. The van der Waals surface area contributed by atoms with E-state index in [4.69, 9.17) is 4.74 Å². The van der Waals surface area contributed by atoms with Gasteiger partial charge in [0.2, 0.25) is 5.91 Å². The minimum absolute atomic E-state index is 0.202. The average Bonchev–Trinajstić information content (AvgIpc) is 2.27. The van der Waals surface area contributed by atoms with Gasteiger partial charge in [0.15, 0.2) is 0 Å². The van der Waals surface area contributed by atoms with Crippen LogP contribution in [-0.4, -0.2) is 49.2 Å². The summed E-state index contributed by atoms with van der Waals surface area (Å²) in [6.45, 7) is 10.1. The highest BCUT2D eigenvalue weighted by Gasteiger charge is 2.40. The maximum Gasteiger partial charge on any atom is 0.229 e. The van der Waals surface area contributed by atoms with Crippen LogP contribution in [0.2, 0.25) is 0 Å². The molecule has 0 bridgehead atoms. The lowest BCUT2D eigenvalue weighted by molar-refractivity contribution is -0.156. The van der Waals surface area contributed by atoms with Gasteiger partial charge in [0.25, 0.3) is 0 Å². The zero-order valence-corrected chi connectivity index (χ0v) is 11.2. The number of carbonyl (C=O) groups is 1. The van der Waals surface area contributed by atoms with Crippen LogP contribution in [0.4, 0.5) is 0 Å². The standard InChI is InChI=1S/C13H24N2O2/c1-12(2)10-15(7-8-17-12)11(16)13(3)5-4-6-14-9-13/h14H,4-10H2,1-3H3. The van der Waals surface area contributed by atoms with E-state index in [1.807, 2.05) is 18.7 Å². The van der Waals surface area contributed by atoms with E-state index in [1.54, 1.807) is 0 Å². The lowest BCUT2D eigenvalue weighted by Crippen LogP contribution is -2.57. The topological polar surface area (TPSA) is 41.6 Å².